The van der Waals surface area contributed by atoms with E-state index in [1.807, 2.05) is 35.4 Å². The lowest BCUT2D eigenvalue weighted by Crippen LogP contribution is -2.40. The Balaban J connectivity index is 1.53. The molecular formula is C20H20F3N5. The first-order chi connectivity index (χ1) is 13.5. The normalized spacial score (nSPS) is 18.0. The molecule has 0 unspecified atom stereocenters. The van der Waals surface area contributed by atoms with E-state index in [0.717, 1.165) is 33.5 Å². The molecule has 2 aliphatic heterocycles. The Labute approximate surface area is 160 Å². The summed E-state index contributed by atoms with van der Waals surface area (Å²) in [5.74, 6) is 0.175. The van der Waals surface area contributed by atoms with E-state index < -0.39 is 12.1 Å². The van der Waals surface area contributed by atoms with Crippen molar-refractivity contribution in [3.8, 4) is 11.4 Å². The van der Waals surface area contributed by atoms with Gasteiger partial charge >= 0.3 is 6.18 Å². The molecule has 2 N–H and O–H groups in total. The van der Waals surface area contributed by atoms with Crippen LogP contribution in [0, 0.1) is 5.92 Å². The number of fused-ring (bicyclic) bond motifs is 2. The molecule has 1 saturated heterocycles. The smallest absolute Gasteiger partial charge is 0.360 e. The van der Waals surface area contributed by atoms with E-state index in [-0.39, 0.29) is 12.8 Å². The molecule has 0 radical (unpaired) electrons. The van der Waals surface area contributed by atoms with Crippen LogP contribution >= 0.6 is 0 Å². The van der Waals surface area contributed by atoms with Crippen molar-refractivity contribution in [1.82, 2.24) is 20.3 Å². The molecule has 5 rings (SSSR count). The molecule has 28 heavy (non-hydrogen) atoms. The van der Waals surface area contributed by atoms with Gasteiger partial charge in [0.2, 0.25) is 0 Å². The number of hydrogen-bond donors (Lipinski definition) is 2. The van der Waals surface area contributed by atoms with E-state index in [0.29, 0.717) is 32.0 Å². The van der Waals surface area contributed by atoms with Crippen LogP contribution in [0.5, 0.6) is 0 Å². The fourth-order valence-electron chi connectivity index (χ4n) is 4.21. The van der Waals surface area contributed by atoms with Crippen LogP contribution in [0.25, 0.3) is 22.3 Å². The highest BCUT2D eigenvalue weighted by atomic mass is 19.4. The minimum atomic E-state index is -4.11. The zero-order valence-electron chi connectivity index (χ0n) is 15.2. The molecular weight excluding hydrogens is 367 g/mol. The van der Waals surface area contributed by atoms with Gasteiger partial charge in [0, 0.05) is 54.4 Å². The van der Waals surface area contributed by atoms with Gasteiger partial charge in [0.15, 0.2) is 5.82 Å². The number of nitrogens with one attached hydrogen (secondary N) is 2. The van der Waals surface area contributed by atoms with E-state index in [2.05, 4.69) is 10.3 Å². The number of aromatic amines is 1. The van der Waals surface area contributed by atoms with Crippen molar-refractivity contribution in [1.29, 1.82) is 0 Å². The molecule has 1 aromatic carbocycles. The van der Waals surface area contributed by atoms with E-state index in [4.69, 9.17) is 9.97 Å². The number of nitrogens with zero attached hydrogens (tertiary/aromatic N) is 3. The number of para-hydroxylation sites is 1. The second-order valence-electron chi connectivity index (χ2n) is 7.45. The average molecular weight is 387 g/mol. The Kier molecular flexibility index (Phi) is 4.04. The highest BCUT2D eigenvalue weighted by molar-refractivity contribution is 5.93. The van der Waals surface area contributed by atoms with E-state index in [9.17, 15) is 13.2 Å². The summed E-state index contributed by atoms with van der Waals surface area (Å²) in [7, 11) is 0. The summed E-state index contributed by atoms with van der Waals surface area (Å²) in [6.45, 7) is 2.03. The van der Waals surface area contributed by atoms with Crippen LogP contribution in [0.2, 0.25) is 0 Å². The van der Waals surface area contributed by atoms with Crippen LogP contribution in [0.15, 0.2) is 30.5 Å². The lowest BCUT2D eigenvalue weighted by atomic mass is 9.96. The van der Waals surface area contributed by atoms with Gasteiger partial charge < -0.3 is 15.2 Å². The van der Waals surface area contributed by atoms with Gasteiger partial charge in [-0.15, -0.1) is 0 Å². The fraction of sp³-hybridized carbons (Fsp3) is 0.400. The van der Waals surface area contributed by atoms with Crippen molar-refractivity contribution in [2.24, 2.45) is 5.92 Å². The molecule has 5 nitrogen and oxygen atoms in total. The van der Waals surface area contributed by atoms with Gasteiger partial charge in [-0.05, 0) is 18.9 Å². The van der Waals surface area contributed by atoms with Crippen LogP contribution in [-0.2, 0) is 13.1 Å². The largest absolute Gasteiger partial charge is 0.391 e. The maximum atomic E-state index is 13.0. The summed E-state index contributed by atoms with van der Waals surface area (Å²) >= 11 is 0. The predicted octanol–water partition coefficient (Wildman–Crippen LogP) is 4.01. The Morgan fingerprint density at radius 3 is 2.61 bits per heavy atom. The van der Waals surface area contributed by atoms with Crippen molar-refractivity contribution in [3.63, 3.8) is 0 Å². The maximum Gasteiger partial charge on any atom is 0.391 e. The van der Waals surface area contributed by atoms with Gasteiger partial charge in [-0.1, -0.05) is 18.2 Å². The average Bonchev–Trinajstić information content (AvgIpc) is 3.33. The molecule has 8 heteroatoms. The highest BCUT2D eigenvalue weighted by Crippen LogP contribution is 2.37. The van der Waals surface area contributed by atoms with Crippen molar-refractivity contribution >= 4 is 16.7 Å². The SMILES string of the molecule is FC(F)(F)C1CCN(c2nc(-c3c[nH]c4ccccc34)nc3c2CNC3)CC1. The number of aromatic nitrogens is 3. The summed E-state index contributed by atoms with van der Waals surface area (Å²) in [5, 5.41) is 4.33. The summed E-state index contributed by atoms with van der Waals surface area (Å²) in [4.78, 5) is 14.8. The second kappa shape index (κ2) is 6.48. The van der Waals surface area contributed by atoms with Gasteiger partial charge in [-0.25, -0.2) is 9.97 Å². The number of alkyl halides is 3. The number of halogens is 3. The van der Waals surface area contributed by atoms with E-state index >= 15 is 0 Å². The van der Waals surface area contributed by atoms with Crippen molar-refractivity contribution in [2.45, 2.75) is 32.1 Å². The second-order valence-corrected chi connectivity index (χ2v) is 7.45. The van der Waals surface area contributed by atoms with Gasteiger partial charge in [-0.2, -0.15) is 13.2 Å². The van der Waals surface area contributed by atoms with Crippen molar-refractivity contribution < 1.29 is 13.2 Å². The van der Waals surface area contributed by atoms with Crippen LogP contribution < -0.4 is 10.2 Å². The van der Waals surface area contributed by atoms with Gasteiger partial charge in [0.05, 0.1) is 11.6 Å². The molecule has 4 heterocycles. The number of rotatable bonds is 2. The van der Waals surface area contributed by atoms with Crippen molar-refractivity contribution in [3.05, 3.63) is 41.7 Å². The maximum absolute atomic E-state index is 13.0. The quantitative estimate of drug-likeness (QED) is 0.698. The van der Waals surface area contributed by atoms with E-state index in [1.54, 1.807) is 0 Å². The Morgan fingerprint density at radius 1 is 1.04 bits per heavy atom. The molecule has 0 atom stereocenters. The molecule has 3 aromatic rings. The first-order valence-corrected chi connectivity index (χ1v) is 9.49. The number of benzene rings is 1. The van der Waals surface area contributed by atoms with Gasteiger partial charge in [0.25, 0.3) is 0 Å². The van der Waals surface area contributed by atoms with Gasteiger partial charge in [0.1, 0.15) is 5.82 Å². The first-order valence-electron chi connectivity index (χ1n) is 9.49. The Hall–Kier alpha value is -2.61. The topological polar surface area (TPSA) is 56.8 Å². The third-order valence-electron chi connectivity index (χ3n) is 5.75. The summed E-state index contributed by atoms with van der Waals surface area (Å²) in [6.07, 6.45) is -2.00. The minimum Gasteiger partial charge on any atom is -0.360 e. The highest BCUT2D eigenvalue weighted by Gasteiger charge is 2.41. The standard InChI is InChI=1S/C20H20F3N5/c21-20(22,23)12-5-7-28(8-6-12)19-15-9-24-11-17(15)26-18(27-19)14-10-25-16-4-2-1-3-13(14)16/h1-4,10,12,24-25H,5-9,11H2. The molecule has 0 amide bonds. The zero-order chi connectivity index (χ0) is 19.3. The van der Waals surface area contributed by atoms with Crippen LogP contribution in [0.3, 0.4) is 0 Å². The van der Waals surface area contributed by atoms with Gasteiger partial charge in [-0.3, -0.25) is 0 Å². The van der Waals surface area contributed by atoms with Crippen LogP contribution in [0.4, 0.5) is 19.0 Å². The lowest BCUT2D eigenvalue weighted by Gasteiger charge is -2.34. The molecule has 2 aliphatic rings. The number of hydrogen-bond acceptors (Lipinski definition) is 4. The predicted molar refractivity (Wildman–Crippen MR) is 101 cm³/mol. The summed E-state index contributed by atoms with van der Waals surface area (Å²) < 4.78 is 39.1. The molecule has 0 spiro atoms. The first kappa shape index (κ1) is 17.5. The van der Waals surface area contributed by atoms with E-state index in [1.165, 1.54) is 0 Å². The number of anilines is 1. The molecule has 1 fully saturated rings. The Bertz CT molecular complexity index is 1020. The summed E-state index contributed by atoms with van der Waals surface area (Å²) in [6, 6.07) is 7.95. The molecule has 0 saturated carbocycles. The fourth-order valence-corrected chi connectivity index (χ4v) is 4.21. The number of piperidine rings is 1. The summed E-state index contributed by atoms with van der Waals surface area (Å²) in [5.41, 5.74) is 3.86. The van der Waals surface area contributed by atoms with Crippen LogP contribution in [0.1, 0.15) is 24.1 Å². The third kappa shape index (κ3) is 2.92. The zero-order valence-corrected chi connectivity index (χ0v) is 15.2. The number of H-pyrrole nitrogens is 1. The molecule has 0 bridgehead atoms. The molecule has 2 aromatic heterocycles. The monoisotopic (exact) mass is 387 g/mol. The molecule has 0 aliphatic carbocycles. The third-order valence-corrected chi connectivity index (χ3v) is 5.75. The molecule has 146 valence electrons. The lowest BCUT2D eigenvalue weighted by molar-refractivity contribution is -0.179. The van der Waals surface area contributed by atoms with Crippen LogP contribution in [-0.4, -0.2) is 34.2 Å². The van der Waals surface area contributed by atoms with Crippen molar-refractivity contribution in [2.75, 3.05) is 18.0 Å². The minimum absolute atomic E-state index is 0.109. The Morgan fingerprint density at radius 2 is 1.82 bits per heavy atom.